The molecule has 0 heterocycles. The van der Waals surface area contributed by atoms with Crippen molar-refractivity contribution < 1.29 is 9.53 Å². The van der Waals surface area contributed by atoms with Gasteiger partial charge in [0.25, 0.3) is 0 Å². The lowest BCUT2D eigenvalue weighted by Crippen LogP contribution is -2.45. The molecule has 22 heavy (non-hydrogen) atoms. The first-order chi connectivity index (χ1) is 10.3. The molecule has 122 valence electrons. The van der Waals surface area contributed by atoms with Crippen molar-refractivity contribution in [2.75, 3.05) is 6.54 Å². The van der Waals surface area contributed by atoms with E-state index in [9.17, 15) is 4.79 Å². The second-order valence-electron chi connectivity index (χ2n) is 6.85. The van der Waals surface area contributed by atoms with Crippen molar-refractivity contribution in [3.63, 3.8) is 0 Å². The number of halogens is 1. The number of benzene rings is 1. The minimum atomic E-state index is -0.456. The molecule has 1 unspecified atom stereocenters. The minimum Gasteiger partial charge on any atom is -0.444 e. The first-order valence-corrected chi connectivity index (χ1v) is 8.57. The molecule has 1 aliphatic rings. The Kier molecular flexibility index (Phi) is 5.87. The second-order valence-corrected chi connectivity index (χ2v) is 7.77. The highest BCUT2D eigenvalue weighted by molar-refractivity contribution is 9.10. The van der Waals surface area contributed by atoms with Crippen molar-refractivity contribution in [2.45, 2.75) is 51.8 Å². The molecule has 1 fully saturated rings. The summed E-state index contributed by atoms with van der Waals surface area (Å²) < 4.78 is 6.42. The SMILES string of the molecule is CC(C)(C)OC(=O)NC(CNCc1cccc(Br)c1)C1CC1. The molecule has 4 nitrogen and oxygen atoms in total. The van der Waals surface area contributed by atoms with Crippen LogP contribution in [0.2, 0.25) is 0 Å². The fraction of sp³-hybridized carbons (Fsp3) is 0.588. The van der Waals surface area contributed by atoms with Crippen LogP contribution in [-0.2, 0) is 11.3 Å². The number of rotatable bonds is 6. The summed E-state index contributed by atoms with van der Waals surface area (Å²) in [7, 11) is 0. The number of alkyl carbamates (subject to hydrolysis) is 1. The van der Waals surface area contributed by atoms with Crippen molar-refractivity contribution in [1.29, 1.82) is 0 Å². The monoisotopic (exact) mass is 368 g/mol. The Morgan fingerprint density at radius 3 is 2.73 bits per heavy atom. The molecular weight excluding hydrogens is 344 g/mol. The second kappa shape index (κ2) is 7.47. The van der Waals surface area contributed by atoms with Crippen LogP contribution < -0.4 is 10.6 Å². The van der Waals surface area contributed by atoms with Crippen LogP contribution in [0.5, 0.6) is 0 Å². The lowest BCUT2D eigenvalue weighted by atomic mass is 10.1. The van der Waals surface area contributed by atoms with E-state index in [0.29, 0.717) is 5.92 Å². The van der Waals surface area contributed by atoms with Crippen molar-refractivity contribution in [3.8, 4) is 0 Å². The van der Waals surface area contributed by atoms with E-state index in [1.165, 1.54) is 18.4 Å². The average Bonchev–Trinajstić information content (AvgIpc) is 3.19. The third-order valence-corrected chi connectivity index (χ3v) is 3.97. The molecule has 2 rings (SSSR count). The molecule has 1 aromatic rings. The summed E-state index contributed by atoms with van der Waals surface area (Å²) in [4.78, 5) is 11.9. The molecule has 0 aromatic heterocycles. The minimum absolute atomic E-state index is 0.141. The van der Waals surface area contributed by atoms with Gasteiger partial charge in [-0.15, -0.1) is 0 Å². The molecule has 1 aliphatic carbocycles. The largest absolute Gasteiger partial charge is 0.444 e. The number of hydrogen-bond acceptors (Lipinski definition) is 3. The fourth-order valence-corrected chi connectivity index (χ4v) is 2.76. The zero-order valence-corrected chi connectivity index (χ0v) is 15.1. The van der Waals surface area contributed by atoms with E-state index in [1.807, 2.05) is 32.9 Å². The van der Waals surface area contributed by atoms with Gasteiger partial charge < -0.3 is 15.4 Å². The van der Waals surface area contributed by atoms with E-state index in [1.54, 1.807) is 0 Å². The highest BCUT2D eigenvalue weighted by atomic mass is 79.9. The number of carbonyl (C=O) groups excluding carboxylic acids is 1. The predicted molar refractivity (Wildman–Crippen MR) is 91.7 cm³/mol. The van der Waals surface area contributed by atoms with E-state index in [2.05, 4.69) is 38.7 Å². The standard InChI is InChI=1S/C17H25BrN2O2/c1-17(2,3)22-16(21)20-15(13-7-8-13)11-19-10-12-5-4-6-14(18)9-12/h4-6,9,13,15,19H,7-8,10-11H2,1-3H3,(H,20,21). The molecular formula is C17H25BrN2O2. The van der Waals surface area contributed by atoms with E-state index >= 15 is 0 Å². The van der Waals surface area contributed by atoms with Gasteiger partial charge in [0.15, 0.2) is 0 Å². The van der Waals surface area contributed by atoms with Gasteiger partial charge in [-0.05, 0) is 57.2 Å². The Morgan fingerprint density at radius 2 is 2.14 bits per heavy atom. The average molecular weight is 369 g/mol. The van der Waals surface area contributed by atoms with Crippen molar-refractivity contribution in [1.82, 2.24) is 10.6 Å². The van der Waals surface area contributed by atoms with Gasteiger partial charge in [0.05, 0.1) is 0 Å². The predicted octanol–water partition coefficient (Wildman–Crippen LogP) is 3.84. The number of amides is 1. The third-order valence-electron chi connectivity index (χ3n) is 3.48. The van der Waals surface area contributed by atoms with Crippen LogP contribution in [0.15, 0.2) is 28.7 Å². The maximum absolute atomic E-state index is 11.9. The summed E-state index contributed by atoms with van der Waals surface area (Å²) in [5.74, 6) is 0.572. The van der Waals surface area contributed by atoms with E-state index < -0.39 is 5.60 Å². The molecule has 1 atom stereocenters. The Morgan fingerprint density at radius 1 is 1.41 bits per heavy atom. The summed E-state index contributed by atoms with van der Waals surface area (Å²) in [6, 6.07) is 8.37. The molecule has 0 radical (unpaired) electrons. The van der Waals surface area contributed by atoms with Gasteiger partial charge in [-0.1, -0.05) is 28.1 Å². The normalized spacial score (nSPS) is 16.2. The van der Waals surface area contributed by atoms with Crippen LogP contribution in [0, 0.1) is 5.92 Å². The van der Waals surface area contributed by atoms with Gasteiger partial charge in [-0.3, -0.25) is 0 Å². The molecule has 0 aliphatic heterocycles. The maximum atomic E-state index is 11.9. The first-order valence-electron chi connectivity index (χ1n) is 7.78. The Hall–Kier alpha value is -1.07. The molecule has 2 N–H and O–H groups in total. The molecule has 1 amide bonds. The van der Waals surface area contributed by atoms with Gasteiger partial charge in [-0.2, -0.15) is 0 Å². The van der Waals surface area contributed by atoms with Gasteiger partial charge in [-0.25, -0.2) is 4.79 Å². The Labute approximate surface area is 141 Å². The molecule has 0 bridgehead atoms. The molecule has 0 spiro atoms. The Bertz CT molecular complexity index is 510. The number of ether oxygens (including phenoxy) is 1. The summed E-state index contributed by atoms with van der Waals surface area (Å²) in [5, 5.41) is 6.43. The van der Waals surface area contributed by atoms with E-state index in [0.717, 1.165) is 17.6 Å². The molecule has 5 heteroatoms. The topological polar surface area (TPSA) is 50.4 Å². The quantitative estimate of drug-likeness (QED) is 0.801. The molecule has 1 aromatic carbocycles. The van der Waals surface area contributed by atoms with Crippen LogP contribution in [0.4, 0.5) is 4.79 Å². The highest BCUT2D eigenvalue weighted by Crippen LogP contribution is 2.32. The Balaban J connectivity index is 1.78. The molecule has 1 saturated carbocycles. The van der Waals surface area contributed by atoms with Crippen molar-refractivity contribution >= 4 is 22.0 Å². The van der Waals surface area contributed by atoms with Crippen LogP contribution in [0.3, 0.4) is 0 Å². The maximum Gasteiger partial charge on any atom is 0.407 e. The molecule has 0 saturated heterocycles. The zero-order valence-electron chi connectivity index (χ0n) is 13.5. The van der Waals surface area contributed by atoms with Gasteiger partial charge in [0, 0.05) is 23.6 Å². The van der Waals surface area contributed by atoms with Crippen LogP contribution in [-0.4, -0.2) is 24.3 Å². The highest BCUT2D eigenvalue weighted by Gasteiger charge is 2.33. The van der Waals surface area contributed by atoms with Gasteiger partial charge in [0.2, 0.25) is 0 Å². The number of hydrogen-bond donors (Lipinski definition) is 2. The van der Waals surface area contributed by atoms with Crippen LogP contribution >= 0.6 is 15.9 Å². The van der Waals surface area contributed by atoms with Gasteiger partial charge >= 0.3 is 6.09 Å². The summed E-state index contributed by atoms with van der Waals surface area (Å²) in [6.45, 7) is 7.19. The summed E-state index contributed by atoms with van der Waals surface area (Å²) >= 11 is 3.48. The first kappa shape index (κ1) is 17.3. The zero-order chi connectivity index (χ0) is 16.2. The van der Waals surface area contributed by atoms with E-state index in [-0.39, 0.29) is 12.1 Å². The smallest absolute Gasteiger partial charge is 0.407 e. The van der Waals surface area contributed by atoms with Crippen molar-refractivity contribution in [2.24, 2.45) is 5.92 Å². The summed E-state index contributed by atoms with van der Waals surface area (Å²) in [6.07, 6.45) is 2.03. The third kappa shape index (κ3) is 6.36. The van der Waals surface area contributed by atoms with Crippen LogP contribution in [0.1, 0.15) is 39.2 Å². The fourth-order valence-electron chi connectivity index (χ4n) is 2.31. The number of nitrogens with one attached hydrogen (secondary N) is 2. The lowest BCUT2D eigenvalue weighted by molar-refractivity contribution is 0.0497. The van der Waals surface area contributed by atoms with Gasteiger partial charge in [0.1, 0.15) is 5.60 Å². The van der Waals surface area contributed by atoms with Crippen molar-refractivity contribution in [3.05, 3.63) is 34.3 Å². The van der Waals surface area contributed by atoms with E-state index in [4.69, 9.17) is 4.74 Å². The number of carbonyl (C=O) groups is 1. The van der Waals surface area contributed by atoms with Crippen LogP contribution in [0.25, 0.3) is 0 Å². The lowest BCUT2D eigenvalue weighted by Gasteiger charge is -2.24. The summed E-state index contributed by atoms with van der Waals surface area (Å²) in [5.41, 5.74) is 0.767.